The molecule has 1 aliphatic carbocycles. The fourth-order valence-corrected chi connectivity index (χ4v) is 2.34. The fourth-order valence-electron chi connectivity index (χ4n) is 2.34. The predicted molar refractivity (Wildman–Crippen MR) is 51.0 cm³/mol. The van der Waals surface area contributed by atoms with Crippen LogP contribution in [0, 0.1) is 11.8 Å². The maximum atomic E-state index is 12.4. The molecule has 1 aliphatic rings. The van der Waals surface area contributed by atoms with Crippen molar-refractivity contribution in [2.24, 2.45) is 11.8 Å². The van der Waals surface area contributed by atoms with Gasteiger partial charge in [0.1, 0.15) is 0 Å². The summed E-state index contributed by atoms with van der Waals surface area (Å²) in [5, 5.41) is 0. The van der Waals surface area contributed by atoms with Gasteiger partial charge in [-0.1, -0.05) is 39.0 Å². The van der Waals surface area contributed by atoms with Gasteiger partial charge in [0.15, 0.2) is 0 Å². The summed E-state index contributed by atoms with van der Waals surface area (Å²) in [6, 6.07) is 0. The lowest BCUT2D eigenvalue weighted by Crippen LogP contribution is -2.28. The SMILES string of the molecule is CCCCC1CCCC(C(F)(F)F)C1. The van der Waals surface area contributed by atoms with Crippen LogP contribution in [0.4, 0.5) is 13.2 Å². The third-order valence-corrected chi connectivity index (χ3v) is 3.21. The van der Waals surface area contributed by atoms with E-state index < -0.39 is 12.1 Å². The highest BCUT2D eigenvalue weighted by Gasteiger charge is 2.41. The van der Waals surface area contributed by atoms with Crippen molar-refractivity contribution >= 4 is 0 Å². The second-order valence-electron chi connectivity index (χ2n) is 4.41. The van der Waals surface area contributed by atoms with Crippen LogP contribution in [0.1, 0.15) is 51.9 Å². The molecule has 1 rings (SSSR count). The Kier molecular flexibility index (Phi) is 4.27. The Hall–Kier alpha value is -0.210. The van der Waals surface area contributed by atoms with E-state index >= 15 is 0 Å². The van der Waals surface area contributed by atoms with E-state index in [4.69, 9.17) is 0 Å². The molecule has 0 aromatic rings. The van der Waals surface area contributed by atoms with Crippen LogP contribution < -0.4 is 0 Å². The van der Waals surface area contributed by atoms with E-state index in [1.54, 1.807) is 0 Å². The number of hydrogen-bond acceptors (Lipinski definition) is 0. The number of hydrogen-bond donors (Lipinski definition) is 0. The molecule has 0 amide bonds. The molecular weight excluding hydrogens is 189 g/mol. The summed E-state index contributed by atoms with van der Waals surface area (Å²) in [5.74, 6) is -0.687. The van der Waals surface area contributed by atoms with Crippen LogP contribution in [0.25, 0.3) is 0 Å². The molecule has 84 valence electrons. The molecule has 0 aromatic heterocycles. The van der Waals surface area contributed by atoms with Gasteiger partial charge in [0.25, 0.3) is 0 Å². The first-order valence-electron chi connectivity index (χ1n) is 5.60. The Morgan fingerprint density at radius 2 is 1.93 bits per heavy atom. The Balaban J connectivity index is 2.36. The highest BCUT2D eigenvalue weighted by molar-refractivity contribution is 4.77. The average molecular weight is 208 g/mol. The standard InChI is InChI=1S/C11H19F3/c1-2-3-5-9-6-4-7-10(8-9)11(12,13)14/h9-10H,2-8H2,1H3. The number of alkyl halides is 3. The molecule has 14 heavy (non-hydrogen) atoms. The van der Waals surface area contributed by atoms with Gasteiger partial charge in [-0.25, -0.2) is 0 Å². The zero-order valence-electron chi connectivity index (χ0n) is 8.74. The first-order chi connectivity index (χ1) is 6.54. The topological polar surface area (TPSA) is 0 Å². The van der Waals surface area contributed by atoms with Gasteiger partial charge in [-0.15, -0.1) is 0 Å². The molecule has 0 nitrogen and oxygen atoms in total. The zero-order valence-corrected chi connectivity index (χ0v) is 8.74. The lowest BCUT2D eigenvalue weighted by Gasteiger charge is -2.30. The fraction of sp³-hybridized carbons (Fsp3) is 1.00. The van der Waals surface area contributed by atoms with E-state index in [9.17, 15) is 13.2 Å². The Morgan fingerprint density at radius 1 is 1.21 bits per heavy atom. The molecule has 2 unspecified atom stereocenters. The van der Waals surface area contributed by atoms with Crippen molar-refractivity contribution in [3.8, 4) is 0 Å². The monoisotopic (exact) mass is 208 g/mol. The van der Waals surface area contributed by atoms with Crippen molar-refractivity contribution in [2.45, 2.75) is 58.0 Å². The van der Waals surface area contributed by atoms with Crippen LogP contribution in [0.15, 0.2) is 0 Å². The van der Waals surface area contributed by atoms with E-state index in [1.165, 1.54) is 0 Å². The molecule has 0 radical (unpaired) electrons. The second-order valence-corrected chi connectivity index (χ2v) is 4.41. The molecule has 3 heteroatoms. The molecule has 0 bridgehead atoms. The summed E-state index contributed by atoms with van der Waals surface area (Å²) in [5.41, 5.74) is 0. The van der Waals surface area contributed by atoms with Crippen LogP contribution in [-0.4, -0.2) is 6.18 Å². The molecule has 0 N–H and O–H groups in total. The smallest absolute Gasteiger partial charge is 0.171 e. The van der Waals surface area contributed by atoms with Crippen molar-refractivity contribution in [1.29, 1.82) is 0 Å². The van der Waals surface area contributed by atoms with Crippen molar-refractivity contribution in [3.63, 3.8) is 0 Å². The first-order valence-corrected chi connectivity index (χ1v) is 5.60. The summed E-state index contributed by atoms with van der Waals surface area (Å²) >= 11 is 0. The van der Waals surface area contributed by atoms with Gasteiger partial charge in [-0.05, 0) is 18.8 Å². The third kappa shape index (κ3) is 3.50. The first kappa shape index (κ1) is 11.9. The third-order valence-electron chi connectivity index (χ3n) is 3.21. The molecule has 2 atom stereocenters. The maximum absolute atomic E-state index is 12.4. The maximum Gasteiger partial charge on any atom is 0.391 e. The molecular formula is C11H19F3. The number of halogens is 3. The summed E-state index contributed by atoms with van der Waals surface area (Å²) in [4.78, 5) is 0. The average Bonchev–Trinajstić information content (AvgIpc) is 2.14. The molecule has 1 saturated carbocycles. The molecule has 0 aromatic carbocycles. The summed E-state index contributed by atoms with van der Waals surface area (Å²) in [6.45, 7) is 2.09. The lowest BCUT2D eigenvalue weighted by atomic mass is 9.79. The van der Waals surface area contributed by atoms with Crippen molar-refractivity contribution in [1.82, 2.24) is 0 Å². The van der Waals surface area contributed by atoms with Crippen molar-refractivity contribution < 1.29 is 13.2 Å². The minimum Gasteiger partial charge on any atom is -0.171 e. The second kappa shape index (κ2) is 5.04. The van der Waals surface area contributed by atoms with Crippen molar-refractivity contribution in [2.75, 3.05) is 0 Å². The summed E-state index contributed by atoms with van der Waals surface area (Å²) in [7, 11) is 0. The summed E-state index contributed by atoms with van der Waals surface area (Å²) < 4.78 is 37.3. The van der Waals surface area contributed by atoms with Gasteiger partial charge >= 0.3 is 6.18 Å². The Labute approximate surface area is 83.9 Å². The summed E-state index contributed by atoms with van der Waals surface area (Å²) in [6.07, 6.45) is 1.71. The zero-order chi connectivity index (χ0) is 10.6. The minimum atomic E-state index is -3.95. The van der Waals surface area contributed by atoms with Crippen LogP contribution in [-0.2, 0) is 0 Å². The molecule has 0 spiro atoms. The largest absolute Gasteiger partial charge is 0.391 e. The Bertz CT molecular complexity index is 162. The normalized spacial score (nSPS) is 29.1. The number of unbranched alkanes of at least 4 members (excludes halogenated alkanes) is 1. The van der Waals surface area contributed by atoms with Crippen LogP contribution >= 0.6 is 0 Å². The van der Waals surface area contributed by atoms with Gasteiger partial charge in [-0.2, -0.15) is 13.2 Å². The van der Waals surface area contributed by atoms with Gasteiger partial charge in [0, 0.05) is 0 Å². The van der Waals surface area contributed by atoms with Crippen LogP contribution in [0.5, 0.6) is 0 Å². The highest BCUT2D eigenvalue weighted by Crippen LogP contribution is 2.41. The van der Waals surface area contributed by atoms with E-state index in [1.807, 2.05) is 0 Å². The quantitative estimate of drug-likeness (QED) is 0.638. The predicted octanol–water partition coefficient (Wildman–Crippen LogP) is 4.55. The Morgan fingerprint density at radius 3 is 2.50 bits per heavy atom. The van der Waals surface area contributed by atoms with Crippen LogP contribution in [0.3, 0.4) is 0 Å². The number of rotatable bonds is 3. The molecule has 0 heterocycles. The van der Waals surface area contributed by atoms with Gasteiger partial charge < -0.3 is 0 Å². The van der Waals surface area contributed by atoms with Crippen molar-refractivity contribution in [3.05, 3.63) is 0 Å². The molecule has 0 saturated heterocycles. The van der Waals surface area contributed by atoms with E-state index in [-0.39, 0.29) is 0 Å². The molecule has 0 aliphatic heterocycles. The van der Waals surface area contributed by atoms with Gasteiger partial charge in [0.05, 0.1) is 5.92 Å². The van der Waals surface area contributed by atoms with E-state index in [0.29, 0.717) is 18.8 Å². The van der Waals surface area contributed by atoms with Gasteiger partial charge in [0.2, 0.25) is 0 Å². The van der Waals surface area contributed by atoms with Gasteiger partial charge in [-0.3, -0.25) is 0 Å². The highest BCUT2D eigenvalue weighted by atomic mass is 19.4. The van der Waals surface area contributed by atoms with E-state index in [0.717, 1.165) is 32.1 Å². The molecule has 1 fully saturated rings. The van der Waals surface area contributed by atoms with Crippen LogP contribution in [0.2, 0.25) is 0 Å². The lowest BCUT2D eigenvalue weighted by molar-refractivity contribution is -0.185. The minimum absolute atomic E-state index is 0.329. The van der Waals surface area contributed by atoms with E-state index in [2.05, 4.69) is 6.92 Å².